The van der Waals surface area contributed by atoms with Crippen molar-refractivity contribution in [2.45, 2.75) is 6.92 Å². The Morgan fingerprint density at radius 2 is 1.83 bits per heavy atom. The van der Waals surface area contributed by atoms with E-state index in [1.54, 1.807) is 18.2 Å². The van der Waals surface area contributed by atoms with Crippen LogP contribution in [-0.4, -0.2) is 12.5 Å². The Labute approximate surface area is 178 Å². The van der Waals surface area contributed by atoms with Gasteiger partial charge in [-0.15, -0.1) is 0 Å². The highest BCUT2D eigenvalue weighted by molar-refractivity contribution is 9.10. The van der Waals surface area contributed by atoms with Crippen LogP contribution in [0.3, 0.4) is 0 Å². The van der Waals surface area contributed by atoms with Gasteiger partial charge in [0.15, 0.2) is 6.61 Å². The van der Waals surface area contributed by atoms with Crippen molar-refractivity contribution < 1.29 is 9.53 Å². The highest BCUT2D eigenvalue weighted by Crippen LogP contribution is 2.22. The minimum absolute atomic E-state index is 0.0983. The molecular formula is C24H19BrN2O2. The lowest BCUT2D eigenvalue weighted by Gasteiger charge is -2.08. The molecule has 0 heterocycles. The molecule has 4 nitrogen and oxygen atoms in total. The van der Waals surface area contributed by atoms with Gasteiger partial charge in [-0.3, -0.25) is 4.79 Å². The van der Waals surface area contributed by atoms with E-state index >= 15 is 0 Å². The molecule has 3 aromatic carbocycles. The molecule has 0 aliphatic heterocycles. The lowest BCUT2D eigenvalue weighted by molar-refractivity contribution is -0.118. The van der Waals surface area contributed by atoms with Crippen LogP contribution in [0.5, 0.6) is 5.75 Å². The van der Waals surface area contributed by atoms with Gasteiger partial charge in [-0.05, 0) is 60.5 Å². The zero-order valence-electron chi connectivity index (χ0n) is 15.9. The van der Waals surface area contributed by atoms with Crippen molar-refractivity contribution in [3.63, 3.8) is 0 Å². The second-order valence-electron chi connectivity index (χ2n) is 6.45. The summed E-state index contributed by atoms with van der Waals surface area (Å²) in [6, 6.07) is 24.7. The summed E-state index contributed by atoms with van der Waals surface area (Å²) in [5, 5.41) is 12.3. The number of amides is 1. The summed E-state index contributed by atoms with van der Waals surface area (Å²) in [7, 11) is 0. The van der Waals surface area contributed by atoms with Crippen LogP contribution in [0.25, 0.3) is 11.6 Å². The number of nitrogens with zero attached hydrogens (tertiary/aromatic N) is 1. The molecule has 5 heteroatoms. The number of nitriles is 1. The van der Waals surface area contributed by atoms with Crippen LogP contribution in [0.2, 0.25) is 0 Å². The third kappa shape index (κ3) is 6.06. The van der Waals surface area contributed by atoms with Gasteiger partial charge >= 0.3 is 0 Å². The Morgan fingerprint density at radius 3 is 2.52 bits per heavy atom. The number of allylic oxidation sites excluding steroid dienone is 1. The van der Waals surface area contributed by atoms with Crippen molar-refractivity contribution in [2.75, 3.05) is 11.9 Å². The van der Waals surface area contributed by atoms with Crippen molar-refractivity contribution in [3.8, 4) is 11.8 Å². The van der Waals surface area contributed by atoms with E-state index < -0.39 is 0 Å². The lowest BCUT2D eigenvalue weighted by Crippen LogP contribution is -2.20. The Kier molecular flexibility index (Phi) is 6.83. The largest absolute Gasteiger partial charge is 0.484 e. The van der Waals surface area contributed by atoms with Gasteiger partial charge in [-0.25, -0.2) is 0 Å². The van der Waals surface area contributed by atoms with E-state index in [1.165, 1.54) is 0 Å². The molecule has 0 saturated heterocycles. The molecule has 0 unspecified atom stereocenters. The molecular weight excluding hydrogens is 428 g/mol. The number of hydrogen-bond donors (Lipinski definition) is 1. The fourth-order valence-electron chi connectivity index (χ4n) is 2.65. The number of rotatable bonds is 6. The first-order valence-corrected chi connectivity index (χ1v) is 9.80. The normalized spacial score (nSPS) is 10.9. The monoisotopic (exact) mass is 446 g/mol. The smallest absolute Gasteiger partial charge is 0.262 e. The number of anilines is 1. The molecule has 0 aliphatic rings. The van der Waals surface area contributed by atoms with E-state index in [0.29, 0.717) is 11.3 Å². The molecule has 29 heavy (non-hydrogen) atoms. The van der Waals surface area contributed by atoms with Crippen molar-refractivity contribution in [1.29, 1.82) is 5.26 Å². The number of carbonyl (C=O) groups excluding carboxylic acids is 1. The summed E-state index contributed by atoms with van der Waals surface area (Å²) in [5.74, 6) is 0.327. The maximum absolute atomic E-state index is 12.1. The third-order valence-corrected chi connectivity index (χ3v) is 4.68. The summed E-state index contributed by atoms with van der Waals surface area (Å²) < 4.78 is 6.57. The van der Waals surface area contributed by atoms with Gasteiger partial charge in [0, 0.05) is 10.2 Å². The van der Waals surface area contributed by atoms with Crippen LogP contribution in [-0.2, 0) is 4.79 Å². The molecule has 0 radical (unpaired) electrons. The standard InChI is InChI=1S/C24H19BrN2O2/c1-17-5-11-22(12-6-17)27-24(28)16-29-23-4-2-3-18(14-23)13-20(15-26)19-7-9-21(25)10-8-19/h2-14H,16H2,1H3,(H,27,28)/b20-13+. The fourth-order valence-corrected chi connectivity index (χ4v) is 2.92. The Bertz CT molecular complexity index is 1070. The predicted molar refractivity (Wildman–Crippen MR) is 119 cm³/mol. The van der Waals surface area contributed by atoms with E-state index in [-0.39, 0.29) is 12.5 Å². The molecule has 0 spiro atoms. The van der Waals surface area contributed by atoms with E-state index in [9.17, 15) is 10.1 Å². The van der Waals surface area contributed by atoms with Gasteiger partial charge in [0.1, 0.15) is 5.75 Å². The summed E-state index contributed by atoms with van der Waals surface area (Å²) in [6.45, 7) is 1.89. The van der Waals surface area contributed by atoms with Crippen LogP contribution in [0.4, 0.5) is 5.69 Å². The number of carbonyl (C=O) groups is 1. The molecule has 1 amide bonds. The zero-order valence-corrected chi connectivity index (χ0v) is 17.4. The summed E-state index contributed by atoms with van der Waals surface area (Å²) >= 11 is 3.39. The number of hydrogen-bond acceptors (Lipinski definition) is 3. The molecule has 0 saturated carbocycles. The molecule has 0 fully saturated rings. The summed E-state index contributed by atoms with van der Waals surface area (Å²) in [4.78, 5) is 12.1. The Morgan fingerprint density at radius 1 is 1.10 bits per heavy atom. The van der Waals surface area contributed by atoms with Gasteiger partial charge < -0.3 is 10.1 Å². The number of ether oxygens (including phenoxy) is 1. The first kappa shape index (κ1) is 20.4. The lowest BCUT2D eigenvalue weighted by atomic mass is 10.0. The molecule has 3 aromatic rings. The van der Waals surface area contributed by atoms with Crippen LogP contribution >= 0.6 is 15.9 Å². The van der Waals surface area contributed by atoms with E-state index in [4.69, 9.17) is 4.74 Å². The quantitative estimate of drug-likeness (QED) is 0.382. The van der Waals surface area contributed by atoms with Crippen LogP contribution < -0.4 is 10.1 Å². The predicted octanol–water partition coefficient (Wildman–Crippen LogP) is 5.84. The van der Waals surface area contributed by atoms with Crippen LogP contribution in [0.15, 0.2) is 77.3 Å². The van der Waals surface area contributed by atoms with Gasteiger partial charge in [0.05, 0.1) is 11.6 Å². The van der Waals surface area contributed by atoms with Crippen molar-refractivity contribution in [3.05, 3.63) is 94.0 Å². The van der Waals surface area contributed by atoms with Crippen LogP contribution in [0.1, 0.15) is 16.7 Å². The number of nitrogens with one attached hydrogen (secondary N) is 1. The highest BCUT2D eigenvalue weighted by atomic mass is 79.9. The van der Waals surface area contributed by atoms with Crippen molar-refractivity contribution in [1.82, 2.24) is 0 Å². The van der Waals surface area contributed by atoms with Crippen LogP contribution in [0, 0.1) is 18.3 Å². The summed E-state index contributed by atoms with van der Waals surface area (Å²) in [6.07, 6.45) is 1.79. The highest BCUT2D eigenvalue weighted by Gasteiger charge is 2.05. The first-order valence-electron chi connectivity index (χ1n) is 9.00. The molecule has 144 valence electrons. The van der Waals surface area contributed by atoms with E-state index in [1.807, 2.05) is 67.6 Å². The maximum Gasteiger partial charge on any atom is 0.262 e. The minimum Gasteiger partial charge on any atom is -0.484 e. The average Bonchev–Trinajstić information content (AvgIpc) is 2.73. The molecule has 1 N–H and O–H groups in total. The Hall–Kier alpha value is -3.36. The van der Waals surface area contributed by atoms with Gasteiger partial charge in [0.2, 0.25) is 0 Å². The fraction of sp³-hybridized carbons (Fsp3) is 0.0833. The molecule has 0 atom stereocenters. The third-order valence-electron chi connectivity index (χ3n) is 4.15. The second-order valence-corrected chi connectivity index (χ2v) is 7.37. The van der Waals surface area contributed by atoms with E-state index in [2.05, 4.69) is 27.3 Å². The zero-order chi connectivity index (χ0) is 20.6. The SMILES string of the molecule is Cc1ccc(NC(=O)COc2cccc(/C=C(\C#N)c3ccc(Br)cc3)c2)cc1. The molecule has 0 bridgehead atoms. The van der Waals surface area contributed by atoms with Gasteiger partial charge in [-0.2, -0.15) is 5.26 Å². The molecule has 3 rings (SSSR count). The first-order chi connectivity index (χ1) is 14.0. The number of halogens is 1. The second kappa shape index (κ2) is 9.72. The molecule has 0 aliphatic carbocycles. The summed E-state index contributed by atoms with van der Waals surface area (Å²) in [5.41, 5.74) is 4.06. The topological polar surface area (TPSA) is 62.1 Å². The Balaban J connectivity index is 1.65. The van der Waals surface area contributed by atoms with Gasteiger partial charge in [0.25, 0.3) is 5.91 Å². The van der Waals surface area contributed by atoms with Crippen molar-refractivity contribution in [2.24, 2.45) is 0 Å². The van der Waals surface area contributed by atoms with Gasteiger partial charge in [-0.1, -0.05) is 57.9 Å². The molecule has 0 aromatic heterocycles. The van der Waals surface area contributed by atoms with Crippen molar-refractivity contribution >= 4 is 39.2 Å². The number of benzene rings is 3. The van der Waals surface area contributed by atoms with E-state index in [0.717, 1.165) is 26.9 Å². The maximum atomic E-state index is 12.1. The average molecular weight is 447 g/mol. The number of aryl methyl sites for hydroxylation is 1. The minimum atomic E-state index is -0.234.